The number of aliphatic hydroxyl groups is 1. The van der Waals surface area contributed by atoms with Gasteiger partial charge in [0.2, 0.25) is 0 Å². The van der Waals surface area contributed by atoms with Crippen molar-refractivity contribution in [3.8, 4) is 0 Å². The van der Waals surface area contributed by atoms with Gasteiger partial charge in [0.15, 0.2) is 0 Å². The van der Waals surface area contributed by atoms with Gasteiger partial charge in [-0.05, 0) is 49.7 Å². The number of oxime groups is 1. The highest BCUT2D eigenvalue weighted by Gasteiger charge is 2.19. The van der Waals surface area contributed by atoms with E-state index in [1.165, 1.54) is 0 Å². The van der Waals surface area contributed by atoms with Crippen molar-refractivity contribution in [2.75, 3.05) is 25.0 Å². The summed E-state index contributed by atoms with van der Waals surface area (Å²) in [6.45, 7) is 9.53. The minimum atomic E-state index is -0.595. The third-order valence-corrected chi connectivity index (χ3v) is 4.23. The second kappa shape index (κ2) is 7.59. The van der Waals surface area contributed by atoms with Crippen LogP contribution < -0.4 is 10.6 Å². The highest BCUT2D eigenvalue weighted by molar-refractivity contribution is 9.10. The van der Waals surface area contributed by atoms with Gasteiger partial charge in [-0.15, -0.1) is 0 Å². The van der Waals surface area contributed by atoms with Gasteiger partial charge in [-0.3, -0.25) is 0 Å². The molecule has 0 radical (unpaired) electrons. The standard InChI is InChI=1S/C16H25BrN4O2/c1-10-13(17)7-12-14(5-6-18-15(12)20-10)21-23-9-11(22)8-19-16(2,3)4/h7,11,19,22H,5-6,8-9H2,1-4H3,(H,18,20)/b21-14+/t11-/m1/s1. The van der Waals surface area contributed by atoms with Crippen LogP contribution in [0.3, 0.4) is 0 Å². The summed E-state index contributed by atoms with van der Waals surface area (Å²) < 4.78 is 0.946. The summed E-state index contributed by atoms with van der Waals surface area (Å²) >= 11 is 3.50. The average Bonchev–Trinajstić information content (AvgIpc) is 2.46. The molecule has 0 saturated heterocycles. The lowest BCUT2D eigenvalue weighted by Gasteiger charge is -2.22. The topological polar surface area (TPSA) is 78.8 Å². The molecule has 0 fully saturated rings. The number of anilines is 1. The zero-order chi connectivity index (χ0) is 17.0. The molecule has 6 nitrogen and oxygen atoms in total. The molecule has 7 heteroatoms. The van der Waals surface area contributed by atoms with E-state index in [4.69, 9.17) is 4.84 Å². The van der Waals surface area contributed by atoms with E-state index >= 15 is 0 Å². The second-order valence-corrected chi connectivity index (χ2v) is 7.60. The van der Waals surface area contributed by atoms with E-state index in [0.717, 1.165) is 40.2 Å². The van der Waals surface area contributed by atoms with E-state index in [1.54, 1.807) is 0 Å². The molecule has 0 spiro atoms. The van der Waals surface area contributed by atoms with Gasteiger partial charge >= 0.3 is 0 Å². The van der Waals surface area contributed by atoms with Crippen molar-refractivity contribution in [1.82, 2.24) is 10.3 Å². The summed E-state index contributed by atoms with van der Waals surface area (Å²) in [4.78, 5) is 9.86. The lowest BCUT2D eigenvalue weighted by Crippen LogP contribution is -2.42. The van der Waals surface area contributed by atoms with E-state index in [0.29, 0.717) is 6.54 Å². The molecule has 0 saturated carbocycles. The lowest BCUT2D eigenvalue weighted by atomic mass is 10.0. The van der Waals surface area contributed by atoms with Gasteiger partial charge in [0.1, 0.15) is 18.5 Å². The number of aliphatic hydroxyl groups excluding tert-OH is 1. The first-order valence-electron chi connectivity index (χ1n) is 7.79. The van der Waals surface area contributed by atoms with E-state index in [1.807, 2.05) is 13.0 Å². The van der Waals surface area contributed by atoms with Crippen molar-refractivity contribution in [3.05, 3.63) is 21.8 Å². The summed E-state index contributed by atoms with van der Waals surface area (Å²) in [5.74, 6) is 0.828. The van der Waals surface area contributed by atoms with Crippen LogP contribution >= 0.6 is 15.9 Å². The zero-order valence-electron chi connectivity index (χ0n) is 14.1. The molecule has 0 bridgehead atoms. The fourth-order valence-electron chi connectivity index (χ4n) is 2.15. The Balaban J connectivity index is 1.96. The third-order valence-electron chi connectivity index (χ3n) is 3.43. The zero-order valence-corrected chi connectivity index (χ0v) is 15.7. The smallest absolute Gasteiger partial charge is 0.144 e. The van der Waals surface area contributed by atoms with Crippen molar-refractivity contribution in [2.45, 2.75) is 45.8 Å². The van der Waals surface area contributed by atoms with Gasteiger partial charge in [0, 0.05) is 35.1 Å². The van der Waals surface area contributed by atoms with Crippen molar-refractivity contribution in [1.29, 1.82) is 0 Å². The summed E-state index contributed by atoms with van der Waals surface area (Å²) in [6.07, 6.45) is 0.170. The van der Waals surface area contributed by atoms with Crippen molar-refractivity contribution in [2.24, 2.45) is 5.16 Å². The molecule has 2 heterocycles. The molecular formula is C16H25BrN4O2. The van der Waals surface area contributed by atoms with Gasteiger partial charge in [0.25, 0.3) is 0 Å². The van der Waals surface area contributed by atoms with E-state index in [9.17, 15) is 5.11 Å². The van der Waals surface area contributed by atoms with E-state index < -0.39 is 6.10 Å². The molecule has 0 aromatic carbocycles. The molecular weight excluding hydrogens is 360 g/mol. The third kappa shape index (κ3) is 5.44. The van der Waals surface area contributed by atoms with Gasteiger partial charge in [0.05, 0.1) is 11.4 Å². The quantitative estimate of drug-likeness (QED) is 0.679. The number of aromatic nitrogens is 1. The van der Waals surface area contributed by atoms with Crippen LogP contribution in [-0.4, -0.2) is 47.1 Å². The highest BCUT2D eigenvalue weighted by Crippen LogP contribution is 2.26. The molecule has 1 atom stereocenters. The Kier molecular flexibility index (Phi) is 6.00. The van der Waals surface area contributed by atoms with Gasteiger partial charge in [-0.25, -0.2) is 4.98 Å². The number of aryl methyl sites for hydroxylation is 1. The maximum Gasteiger partial charge on any atom is 0.144 e. The van der Waals surface area contributed by atoms with Crippen LogP contribution in [0.1, 0.15) is 38.4 Å². The molecule has 1 aliphatic rings. The fraction of sp³-hybridized carbons (Fsp3) is 0.625. The van der Waals surface area contributed by atoms with Gasteiger partial charge < -0.3 is 20.6 Å². The predicted octanol–water partition coefficient (Wildman–Crippen LogP) is 2.44. The first-order chi connectivity index (χ1) is 10.8. The summed E-state index contributed by atoms with van der Waals surface area (Å²) in [5.41, 5.74) is 2.69. The lowest BCUT2D eigenvalue weighted by molar-refractivity contribution is 0.0371. The predicted molar refractivity (Wildman–Crippen MR) is 96.0 cm³/mol. The SMILES string of the molecule is Cc1nc2c(cc1Br)/C(=N/OC[C@H](O)CNC(C)(C)C)CCN2. The number of pyridine rings is 1. The van der Waals surface area contributed by atoms with E-state index in [-0.39, 0.29) is 12.1 Å². The number of halogens is 1. The molecule has 0 aliphatic carbocycles. The monoisotopic (exact) mass is 384 g/mol. The molecule has 2 rings (SSSR count). The minimum Gasteiger partial charge on any atom is -0.393 e. The minimum absolute atomic E-state index is 0.0311. The number of nitrogens with one attached hydrogen (secondary N) is 2. The molecule has 1 aromatic heterocycles. The van der Waals surface area contributed by atoms with Crippen molar-refractivity contribution in [3.63, 3.8) is 0 Å². The first kappa shape index (κ1) is 18.2. The van der Waals surface area contributed by atoms with E-state index in [2.05, 4.69) is 57.5 Å². The summed E-state index contributed by atoms with van der Waals surface area (Å²) in [5, 5.41) is 20.6. The van der Waals surface area contributed by atoms with Gasteiger partial charge in [-0.2, -0.15) is 0 Å². The van der Waals surface area contributed by atoms with Crippen LogP contribution in [0, 0.1) is 6.92 Å². The Morgan fingerprint density at radius 2 is 2.26 bits per heavy atom. The van der Waals surface area contributed by atoms with Crippen LogP contribution in [0.5, 0.6) is 0 Å². The summed E-state index contributed by atoms with van der Waals surface area (Å²) in [6, 6.07) is 2.00. The Morgan fingerprint density at radius 3 is 2.96 bits per heavy atom. The van der Waals surface area contributed by atoms with Crippen LogP contribution in [0.2, 0.25) is 0 Å². The summed E-state index contributed by atoms with van der Waals surface area (Å²) in [7, 11) is 0. The Labute approximate surface area is 145 Å². The van der Waals surface area contributed by atoms with Crippen molar-refractivity contribution < 1.29 is 9.94 Å². The molecule has 0 amide bonds. The number of nitrogens with zero attached hydrogens (tertiary/aromatic N) is 2. The normalized spacial score (nSPS) is 17.6. The molecule has 1 aromatic rings. The second-order valence-electron chi connectivity index (χ2n) is 6.75. The maximum atomic E-state index is 9.93. The molecule has 128 valence electrons. The number of fused-ring (bicyclic) bond motifs is 1. The van der Waals surface area contributed by atoms with Crippen LogP contribution in [0.4, 0.5) is 5.82 Å². The number of hydrogen-bond donors (Lipinski definition) is 3. The molecule has 3 N–H and O–H groups in total. The molecule has 23 heavy (non-hydrogen) atoms. The Hall–Kier alpha value is -1.18. The van der Waals surface area contributed by atoms with Crippen LogP contribution in [0.15, 0.2) is 15.7 Å². The Bertz CT molecular complexity index is 584. The van der Waals surface area contributed by atoms with Crippen LogP contribution in [-0.2, 0) is 4.84 Å². The maximum absolute atomic E-state index is 9.93. The average molecular weight is 385 g/mol. The largest absolute Gasteiger partial charge is 0.393 e. The number of β-amino-alcohol motifs (C(OH)–C–C–N with tert-alkyl or cyclic N) is 1. The first-order valence-corrected chi connectivity index (χ1v) is 8.59. The van der Waals surface area contributed by atoms with Gasteiger partial charge in [-0.1, -0.05) is 5.16 Å². The van der Waals surface area contributed by atoms with Crippen molar-refractivity contribution >= 4 is 27.5 Å². The Morgan fingerprint density at radius 1 is 1.52 bits per heavy atom. The fourth-order valence-corrected chi connectivity index (χ4v) is 2.47. The molecule has 0 unspecified atom stereocenters. The molecule has 1 aliphatic heterocycles. The number of rotatable bonds is 5. The number of hydrogen-bond acceptors (Lipinski definition) is 6. The highest BCUT2D eigenvalue weighted by atomic mass is 79.9. The van der Waals surface area contributed by atoms with Crippen LogP contribution in [0.25, 0.3) is 0 Å².